The van der Waals surface area contributed by atoms with Gasteiger partial charge < -0.3 is 15.5 Å². The van der Waals surface area contributed by atoms with Crippen LogP contribution in [0.4, 0.5) is 5.13 Å². The number of nitrogens with zero attached hydrogens (tertiary/aromatic N) is 2. The van der Waals surface area contributed by atoms with Crippen LogP contribution in [0.1, 0.15) is 39.0 Å². The van der Waals surface area contributed by atoms with E-state index < -0.39 is 5.54 Å². The minimum Gasteiger partial charge on any atom is -0.351 e. The van der Waals surface area contributed by atoms with Crippen LogP contribution in [0.3, 0.4) is 0 Å². The van der Waals surface area contributed by atoms with Crippen molar-refractivity contribution in [1.82, 2.24) is 15.2 Å². The van der Waals surface area contributed by atoms with Crippen LogP contribution < -0.4 is 10.6 Å². The molecule has 1 saturated carbocycles. The molecule has 1 aromatic heterocycles. The Balaban J connectivity index is 1.72. The van der Waals surface area contributed by atoms with Crippen LogP contribution in [0, 0.1) is 0 Å². The summed E-state index contributed by atoms with van der Waals surface area (Å²) in [6.07, 6.45) is 5.63. The molecule has 2 N–H and O–H groups in total. The first-order chi connectivity index (χ1) is 10.6. The van der Waals surface area contributed by atoms with E-state index in [1.807, 2.05) is 17.2 Å². The van der Waals surface area contributed by atoms with Crippen molar-refractivity contribution < 1.29 is 9.59 Å². The molecule has 0 radical (unpaired) electrons. The van der Waals surface area contributed by atoms with Gasteiger partial charge in [0.25, 0.3) is 0 Å². The van der Waals surface area contributed by atoms with Crippen molar-refractivity contribution in [3.8, 4) is 0 Å². The zero-order valence-corrected chi connectivity index (χ0v) is 13.6. The third-order valence-corrected chi connectivity index (χ3v) is 5.09. The predicted molar refractivity (Wildman–Crippen MR) is 85.7 cm³/mol. The molecule has 1 aliphatic heterocycles. The van der Waals surface area contributed by atoms with Gasteiger partial charge >= 0.3 is 0 Å². The molecule has 0 atom stereocenters. The first-order valence-corrected chi connectivity index (χ1v) is 8.77. The Labute approximate surface area is 134 Å². The Kier molecular flexibility index (Phi) is 4.33. The minimum absolute atomic E-state index is 0.0498. The molecule has 0 unspecified atom stereocenters. The molecule has 2 amide bonds. The molecule has 0 aromatic carbocycles. The number of thiazole rings is 1. The van der Waals surface area contributed by atoms with Gasteiger partial charge in [0.1, 0.15) is 5.54 Å². The van der Waals surface area contributed by atoms with Gasteiger partial charge in [-0.25, -0.2) is 4.98 Å². The van der Waals surface area contributed by atoms with Gasteiger partial charge in [0.15, 0.2) is 5.13 Å². The third-order valence-electron chi connectivity index (χ3n) is 4.40. The van der Waals surface area contributed by atoms with Crippen LogP contribution >= 0.6 is 11.3 Å². The van der Waals surface area contributed by atoms with Crippen molar-refractivity contribution in [2.75, 3.05) is 18.4 Å². The summed E-state index contributed by atoms with van der Waals surface area (Å²) in [5, 5.41) is 9.11. The van der Waals surface area contributed by atoms with Gasteiger partial charge in [-0.3, -0.25) is 9.59 Å². The van der Waals surface area contributed by atoms with Crippen LogP contribution in [0.25, 0.3) is 0 Å². The molecule has 2 heterocycles. The second kappa shape index (κ2) is 6.24. The van der Waals surface area contributed by atoms with E-state index in [0.717, 1.165) is 18.0 Å². The summed E-state index contributed by atoms with van der Waals surface area (Å²) in [7, 11) is 0. The second-order valence-electron chi connectivity index (χ2n) is 6.03. The second-order valence-corrected chi connectivity index (χ2v) is 6.92. The monoisotopic (exact) mass is 322 g/mol. The standard InChI is InChI=1S/C15H22N4O2S/c1-2-12(20)19-8-5-15(6-9-19,13(21)17-11-3-4-11)18-14-16-7-10-22-14/h7,10-11H,2-6,8-9H2,1H3,(H,16,18)(H,17,21). The first kappa shape index (κ1) is 15.3. The molecule has 120 valence electrons. The lowest BCUT2D eigenvalue weighted by Gasteiger charge is -2.41. The minimum atomic E-state index is -0.648. The molecule has 2 fully saturated rings. The topological polar surface area (TPSA) is 74.3 Å². The largest absolute Gasteiger partial charge is 0.351 e. The number of hydrogen-bond acceptors (Lipinski definition) is 5. The summed E-state index contributed by atoms with van der Waals surface area (Å²) in [6, 6.07) is 0.331. The highest BCUT2D eigenvalue weighted by molar-refractivity contribution is 7.13. The fourth-order valence-corrected chi connectivity index (χ4v) is 3.44. The maximum absolute atomic E-state index is 12.7. The van der Waals surface area contributed by atoms with Crippen molar-refractivity contribution >= 4 is 28.3 Å². The van der Waals surface area contributed by atoms with Gasteiger partial charge in [-0.2, -0.15) is 0 Å². The van der Waals surface area contributed by atoms with E-state index in [-0.39, 0.29) is 11.8 Å². The first-order valence-electron chi connectivity index (χ1n) is 7.89. The summed E-state index contributed by atoms with van der Waals surface area (Å²) >= 11 is 1.50. The van der Waals surface area contributed by atoms with Crippen molar-refractivity contribution in [3.05, 3.63) is 11.6 Å². The summed E-state index contributed by atoms with van der Waals surface area (Å²) in [5.41, 5.74) is -0.648. The smallest absolute Gasteiger partial charge is 0.246 e. The van der Waals surface area contributed by atoms with Gasteiger partial charge in [0.2, 0.25) is 11.8 Å². The fourth-order valence-electron chi connectivity index (χ4n) is 2.81. The Bertz CT molecular complexity index is 534. The number of carbonyl (C=O) groups excluding carboxylic acids is 2. The van der Waals surface area contributed by atoms with Gasteiger partial charge in [-0.1, -0.05) is 6.92 Å². The van der Waals surface area contributed by atoms with Crippen LogP contribution in [0.2, 0.25) is 0 Å². The Morgan fingerprint density at radius 2 is 2.14 bits per heavy atom. The van der Waals surface area contributed by atoms with Crippen LogP contribution in [-0.4, -0.2) is 46.4 Å². The van der Waals surface area contributed by atoms with Crippen molar-refractivity contribution in [2.45, 2.75) is 50.6 Å². The normalized spacial score (nSPS) is 20.5. The molecule has 1 saturated heterocycles. The van der Waals surface area contributed by atoms with E-state index in [2.05, 4.69) is 15.6 Å². The molecule has 0 spiro atoms. The number of hydrogen-bond donors (Lipinski definition) is 2. The highest BCUT2D eigenvalue weighted by Crippen LogP contribution is 2.30. The molecule has 0 bridgehead atoms. The van der Waals surface area contributed by atoms with E-state index in [0.29, 0.717) is 38.4 Å². The fraction of sp³-hybridized carbons (Fsp3) is 0.667. The lowest BCUT2D eigenvalue weighted by atomic mass is 9.86. The van der Waals surface area contributed by atoms with Gasteiger partial charge in [0, 0.05) is 37.1 Å². The average Bonchev–Trinajstić information content (AvgIpc) is 3.20. The van der Waals surface area contributed by atoms with Crippen LogP contribution in [-0.2, 0) is 9.59 Å². The van der Waals surface area contributed by atoms with E-state index >= 15 is 0 Å². The number of aromatic nitrogens is 1. The van der Waals surface area contributed by atoms with E-state index in [1.54, 1.807) is 6.20 Å². The number of carbonyl (C=O) groups is 2. The van der Waals surface area contributed by atoms with Gasteiger partial charge in [0.05, 0.1) is 0 Å². The van der Waals surface area contributed by atoms with E-state index in [4.69, 9.17) is 0 Å². The number of anilines is 1. The molecule has 7 heteroatoms. The zero-order valence-electron chi connectivity index (χ0n) is 12.8. The molecule has 6 nitrogen and oxygen atoms in total. The molecule has 1 aliphatic carbocycles. The number of rotatable bonds is 5. The van der Waals surface area contributed by atoms with E-state index in [9.17, 15) is 9.59 Å². The lowest BCUT2D eigenvalue weighted by molar-refractivity contribution is -0.135. The van der Waals surface area contributed by atoms with Crippen molar-refractivity contribution in [3.63, 3.8) is 0 Å². The molecular formula is C15H22N4O2S. The number of amides is 2. The molecule has 22 heavy (non-hydrogen) atoms. The summed E-state index contributed by atoms with van der Waals surface area (Å²) < 4.78 is 0. The number of likely N-dealkylation sites (tertiary alicyclic amines) is 1. The average molecular weight is 322 g/mol. The third kappa shape index (κ3) is 3.24. The maximum Gasteiger partial charge on any atom is 0.246 e. The number of nitrogens with one attached hydrogen (secondary N) is 2. The molecule has 1 aromatic rings. The summed E-state index contributed by atoms with van der Waals surface area (Å²) in [4.78, 5) is 30.7. The quantitative estimate of drug-likeness (QED) is 0.863. The zero-order chi connectivity index (χ0) is 15.6. The van der Waals surface area contributed by atoms with Crippen LogP contribution in [0.5, 0.6) is 0 Å². The van der Waals surface area contributed by atoms with Crippen molar-refractivity contribution in [1.29, 1.82) is 0 Å². The van der Waals surface area contributed by atoms with E-state index in [1.165, 1.54) is 11.3 Å². The Morgan fingerprint density at radius 1 is 1.41 bits per heavy atom. The number of piperidine rings is 1. The molecule has 3 rings (SSSR count). The van der Waals surface area contributed by atoms with Gasteiger partial charge in [-0.15, -0.1) is 11.3 Å². The molecular weight excluding hydrogens is 300 g/mol. The Morgan fingerprint density at radius 3 is 2.68 bits per heavy atom. The summed E-state index contributed by atoms with van der Waals surface area (Å²) in [6.45, 7) is 3.10. The summed E-state index contributed by atoms with van der Waals surface area (Å²) in [5.74, 6) is 0.208. The van der Waals surface area contributed by atoms with Crippen molar-refractivity contribution in [2.24, 2.45) is 0 Å². The SMILES string of the molecule is CCC(=O)N1CCC(Nc2nccs2)(C(=O)NC2CC2)CC1. The molecule has 2 aliphatic rings. The van der Waals surface area contributed by atoms with Crippen LogP contribution in [0.15, 0.2) is 11.6 Å². The maximum atomic E-state index is 12.7. The lowest BCUT2D eigenvalue weighted by Crippen LogP contribution is -2.59. The van der Waals surface area contributed by atoms with Gasteiger partial charge in [-0.05, 0) is 25.7 Å². The highest BCUT2D eigenvalue weighted by Gasteiger charge is 2.44. The predicted octanol–water partition coefficient (Wildman–Crippen LogP) is 1.60. The Hall–Kier alpha value is -1.63. The highest BCUT2D eigenvalue weighted by atomic mass is 32.1.